The van der Waals surface area contributed by atoms with Gasteiger partial charge in [-0.25, -0.2) is 0 Å². The summed E-state index contributed by atoms with van der Waals surface area (Å²) in [7, 11) is 0. The van der Waals surface area contributed by atoms with Gasteiger partial charge in [-0.15, -0.1) is 0 Å². The number of benzene rings is 10. The van der Waals surface area contributed by atoms with E-state index in [0.29, 0.717) is 0 Å². The third-order valence-electron chi connectivity index (χ3n) is 14.4. The zero-order valence-electron chi connectivity index (χ0n) is 36.3. The minimum absolute atomic E-state index is 0.0236. The minimum Gasteiger partial charge on any atom is -0.307 e. The van der Waals surface area contributed by atoms with Crippen LogP contribution in [0.15, 0.2) is 195 Å². The highest BCUT2D eigenvalue weighted by atomic mass is 15.2. The van der Waals surface area contributed by atoms with Crippen LogP contribution < -0.4 is 4.90 Å². The molecule has 3 nitrogen and oxygen atoms in total. The van der Waals surface area contributed by atoms with Crippen LogP contribution in [0.25, 0.3) is 119 Å². The fraction of sp³-hybridized carbons (Fsp3) is 0.0645. The van der Waals surface area contributed by atoms with Gasteiger partial charge in [-0.3, -0.25) is 9.97 Å². The van der Waals surface area contributed by atoms with Gasteiger partial charge in [-0.1, -0.05) is 160 Å². The summed E-state index contributed by atoms with van der Waals surface area (Å²) in [5.74, 6) is 0. The highest BCUT2D eigenvalue weighted by Gasteiger charge is 2.30. The first-order valence-corrected chi connectivity index (χ1v) is 22.6. The standard InChI is InChI=1S/C62H41N3/c1-62(2,3)50-30-28-41-43-25-27-49-57-48(26-24-42(56(43)57)40-20-10-21-44(50)54(40)41)60-52(36-14-6-4-7-15-36)58-46-23-11-22-45-51(65(38-18-12-32-63-34-38)39-19-13-33-64-35-39)31-29-47(55(45)46)59(58)53(61(49)60)37-16-8-5-9-17-37/h4-35H,1-3H3. The molecule has 0 aliphatic heterocycles. The van der Waals surface area contributed by atoms with Gasteiger partial charge in [0, 0.05) is 17.8 Å². The lowest BCUT2D eigenvalue weighted by Crippen LogP contribution is -2.11. The Bertz CT molecular complexity index is 3990. The van der Waals surface area contributed by atoms with E-state index in [-0.39, 0.29) is 5.41 Å². The van der Waals surface area contributed by atoms with Crippen molar-refractivity contribution in [3.63, 3.8) is 0 Å². The highest BCUT2D eigenvalue weighted by molar-refractivity contribution is 6.49. The van der Waals surface area contributed by atoms with E-state index in [1.165, 1.54) is 125 Å². The number of hydrogen-bond donors (Lipinski definition) is 0. The van der Waals surface area contributed by atoms with Crippen LogP contribution in [0.5, 0.6) is 0 Å². The third-order valence-corrected chi connectivity index (χ3v) is 14.4. The molecule has 2 aromatic heterocycles. The van der Waals surface area contributed by atoms with Gasteiger partial charge >= 0.3 is 0 Å². The first-order valence-electron chi connectivity index (χ1n) is 22.6. The lowest BCUT2D eigenvalue weighted by Gasteiger charge is -2.26. The SMILES string of the molecule is CC(C)(C)c1ccc2c3ccc4c5c(-c6ccccc6)c6c7ccc(N(c8cccnc8)c8cccnc8)c8cccc(c6c(-c6ccccc6)c5c5ccc(c6cccc1c62)c3c54)c87. The lowest BCUT2D eigenvalue weighted by molar-refractivity contribution is 0.596. The van der Waals surface area contributed by atoms with Crippen LogP contribution in [0.2, 0.25) is 0 Å². The first-order chi connectivity index (χ1) is 32.0. The zero-order valence-corrected chi connectivity index (χ0v) is 36.3. The number of rotatable bonds is 5. The molecule has 3 heteroatoms. The molecule has 0 saturated carbocycles. The average molecular weight is 828 g/mol. The first kappa shape index (κ1) is 36.4. The molecule has 0 N–H and O–H groups in total. The van der Waals surface area contributed by atoms with Crippen LogP contribution in [0.4, 0.5) is 17.1 Å². The average Bonchev–Trinajstić information content (AvgIpc) is 3.86. The summed E-state index contributed by atoms with van der Waals surface area (Å²) in [6.07, 6.45) is 7.54. The van der Waals surface area contributed by atoms with Gasteiger partial charge in [-0.2, -0.15) is 0 Å². The molecule has 0 radical (unpaired) electrons. The maximum atomic E-state index is 4.57. The summed E-state index contributed by atoms with van der Waals surface area (Å²) in [5, 5.41) is 23.5. The Labute approximate surface area is 375 Å². The van der Waals surface area contributed by atoms with Crippen molar-refractivity contribution in [1.82, 2.24) is 9.97 Å². The van der Waals surface area contributed by atoms with Crippen LogP contribution in [-0.2, 0) is 5.41 Å². The van der Waals surface area contributed by atoms with Crippen molar-refractivity contribution in [3.05, 3.63) is 200 Å². The largest absolute Gasteiger partial charge is 0.307 e. The number of pyridine rings is 2. The van der Waals surface area contributed by atoms with Crippen LogP contribution in [-0.4, -0.2) is 9.97 Å². The predicted molar refractivity (Wildman–Crippen MR) is 277 cm³/mol. The van der Waals surface area contributed by atoms with E-state index < -0.39 is 0 Å². The summed E-state index contributed by atoms with van der Waals surface area (Å²) >= 11 is 0. The quantitative estimate of drug-likeness (QED) is 0.128. The Morgan fingerprint density at radius 3 is 1.29 bits per heavy atom. The van der Waals surface area contributed by atoms with Gasteiger partial charge in [0.1, 0.15) is 0 Å². The molecule has 0 atom stereocenters. The molecule has 0 bridgehead atoms. The molecular weight excluding hydrogens is 787 g/mol. The molecule has 0 fully saturated rings. The van der Waals surface area contributed by atoms with Crippen LogP contribution in [0.3, 0.4) is 0 Å². The molecular formula is C62H41N3. The third kappa shape index (κ3) is 4.90. The monoisotopic (exact) mass is 827 g/mol. The molecule has 0 spiro atoms. The number of hydrogen-bond acceptors (Lipinski definition) is 3. The summed E-state index contributed by atoms with van der Waals surface area (Å²) in [5.41, 5.74) is 9.49. The maximum absolute atomic E-state index is 4.57. The van der Waals surface area contributed by atoms with E-state index in [4.69, 9.17) is 0 Å². The van der Waals surface area contributed by atoms with E-state index in [0.717, 1.165) is 17.1 Å². The van der Waals surface area contributed by atoms with E-state index in [2.05, 4.69) is 193 Å². The van der Waals surface area contributed by atoms with Crippen LogP contribution in [0.1, 0.15) is 26.3 Å². The fourth-order valence-corrected chi connectivity index (χ4v) is 11.9. The van der Waals surface area contributed by atoms with Gasteiger partial charge < -0.3 is 4.90 Å². The lowest BCUT2D eigenvalue weighted by atomic mass is 9.80. The number of nitrogens with zero attached hydrogens (tertiary/aromatic N) is 3. The molecule has 14 rings (SSSR count). The molecule has 0 unspecified atom stereocenters. The van der Waals surface area contributed by atoms with E-state index in [9.17, 15) is 0 Å². The molecule has 0 aliphatic rings. The Kier molecular flexibility index (Phi) is 7.38. The smallest absolute Gasteiger partial charge is 0.0645 e. The van der Waals surface area contributed by atoms with Crippen molar-refractivity contribution in [2.75, 3.05) is 4.90 Å². The topological polar surface area (TPSA) is 29.0 Å². The van der Waals surface area contributed by atoms with E-state index in [1.807, 2.05) is 36.9 Å². The maximum Gasteiger partial charge on any atom is 0.0645 e. The molecule has 2 heterocycles. The van der Waals surface area contributed by atoms with Crippen molar-refractivity contribution in [1.29, 1.82) is 0 Å². The molecule has 14 aromatic rings. The van der Waals surface area contributed by atoms with Gasteiger partial charge in [0.25, 0.3) is 0 Å². The Hall–Kier alpha value is -8.14. The van der Waals surface area contributed by atoms with Gasteiger partial charge in [0.05, 0.1) is 29.5 Å². The fourth-order valence-electron chi connectivity index (χ4n) is 11.9. The van der Waals surface area contributed by atoms with Gasteiger partial charge in [0.2, 0.25) is 0 Å². The second-order valence-corrected chi connectivity index (χ2v) is 18.8. The molecule has 65 heavy (non-hydrogen) atoms. The van der Waals surface area contributed by atoms with Crippen molar-refractivity contribution in [2.45, 2.75) is 26.2 Å². The minimum atomic E-state index is 0.0236. The number of fused-ring (bicyclic) bond motifs is 8. The van der Waals surface area contributed by atoms with Crippen molar-refractivity contribution >= 4 is 114 Å². The Balaban J connectivity index is 1.20. The summed E-state index contributed by atoms with van der Waals surface area (Å²) in [6, 6.07) is 63.6. The summed E-state index contributed by atoms with van der Waals surface area (Å²) < 4.78 is 0. The molecule has 304 valence electrons. The number of aromatic nitrogens is 2. The Morgan fingerprint density at radius 1 is 0.323 bits per heavy atom. The van der Waals surface area contributed by atoms with Crippen LogP contribution >= 0.6 is 0 Å². The second kappa shape index (κ2) is 13.2. The summed E-state index contributed by atoms with van der Waals surface area (Å²) in [6.45, 7) is 6.99. The van der Waals surface area contributed by atoms with Gasteiger partial charge in [-0.05, 0) is 155 Å². The Morgan fingerprint density at radius 2 is 0.738 bits per heavy atom. The summed E-state index contributed by atoms with van der Waals surface area (Å²) in [4.78, 5) is 11.4. The van der Waals surface area contributed by atoms with Crippen molar-refractivity contribution < 1.29 is 0 Å². The van der Waals surface area contributed by atoms with Gasteiger partial charge in [0.15, 0.2) is 0 Å². The highest BCUT2D eigenvalue weighted by Crippen LogP contribution is 2.58. The van der Waals surface area contributed by atoms with Crippen molar-refractivity contribution in [2.24, 2.45) is 0 Å². The van der Waals surface area contributed by atoms with Crippen molar-refractivity contribution in [3.8, 4) is 22.3 Å². The molecule has 0 aliphatic carbocycles. The van der Waals surface area contributed by atoms with E-state index >= 15 is 0 Å². The normalized spacial score (nSPS) is 12.5. The molecule has 12 aromatic carbocycles. The molecule has 0 saturated heterocycles. The predicted octanol–water partition coefficient (Wildman–Crippen LogP) is 17.3. The molecule has 0 amide bonds. The number of anilines is 3. The van der Waals surface area contributed by atoms with E-state index in [1.54, 1.807) is 0 Å². The zero-order chi connectivity index (χ0) is 43.1. The second-order valence-electron chi connectivity index (χ2n) is 18.8. The van der Waals surface area contributed by atoms with Crippen LogP contribution in [0, 0.1) is 0 Å².